The van der Waals surface area contributed by atoms with Crippen molar-refractivity contribution in [2.75, 3.05) is 46.3 Å². The molecule has 6 rings (SSSR count). The van der Waals surface area contributed by atoms with Gasteiger partial charge in [-0.3, -0.25) is 14.6 Å². The first kappa shape index (κ1) is 20.2. The molecule has 12 nitrogen and oxygen atoms in total. The Morgan fingerprint density at radius 3 is 2.70 bits per heavy atom. The predicted molar refractivity (Wildman–Crippen MR) is 119 cm³/mol. The summed E-state index contributed by atoms with van der Waals surface area (Å²) in [5.41, 5.74) is 1.23. The van der Waals surface area contributed by atoms with Gasteiger partial charge in [0.1, 0.15) is 17.7 Å². The average Bonchev–Trinajstić information content (AvgIpc) is 3.29. The molecule has 3 amide bonds. The van der Waals surface area contributed by atoms with Crippen LogP contribution in [-0.2, 0) is 4.79 Å². The number of piperazine rings is 1. The van der Waals surface area contributed by atoms with Crippen LogP contribution in [0.5, 0.6) is 0 Å². The summed E-state index contributed by atoms with van der Waals surface area (Å²) < 4.78 is 5.56. The summed E-state index contributed by atoms with van der Waals surface area (Å²) in [6.07, 6.45) is 4.63. The molecule has 1 aromatic rings. The van der Waals surface area contributed by atoms with Gasteiger partial charge in [-0.1, -0.05) is 0 Å². The van der Waals surface area contributed by atoms with Gasteiger partial charge in [0, 0.05) is 52.2 Å². The average molecular weight is 454 g/mol. The molecule has 2 N–H and O–H groups in total. The molecule has 0 radical (unpaired) electrons. The SMILES string of the molecule is CN1C(=O)N(CCN2CCN(C(=O)C3CC3)CC2)C2N=C3C(=C(c4ccco4)N=CN3N)N21. The molecule has 33 heavy (non-hydrogen) atoms. The van der Waals surface area contributed by atoms with Gasteiger partial charge >= 0.3 is 6.03 Å². The van der Waals surface area contributed by atoms with Gasteiger partial charge in [0.15, 0.2) is 11.6 Å². The van der Waals surface area contributed by atoms with Crippen LogP contribution in [0.15, 0.2) is 38.5 Å². The fourth-order valence-corrected chi connectivity index (χ4v) is 4.80. The van der Waals surface area contributed by atoms with Crippen molar-refractivity contribution in [2.45, 2.75) is 19.1 Å². The Labute approximate surface area is 191 Å². The maximum atomic E-state index is 13.1. The highest BCUT2D eigenvalue weighted by Gasteiger charge is 2.51. The molecule has 1 aromatic heterocycles. The molecule has 0 bridgehead atoms. The summed E-state index contributed by atoms with van der Waals surface area (Å²) in [4.78, 5) is 40.6. The lowest BCUT2D eigenvalue weighted by Gasteiger charge is -2.35. The number of aliphatic imine (C=N–C) groups is 2. The second-order valence-corrected chi connectivity index (χ2v) is 8.91. The molecule has 1 atom stereocenters. The molecule has 12 heteroatoms. The predicted octanol–water partition coefficient (Wildman–Crippen LogP) is 0.000100. The van der Waals surface area contributed by atoms with Gasteiger partial charge in [-0.25, -0.2) is 35.6 Å². The van der Waals surface area contributed by atoms with Crippen molar-refractivity contribution in [2.24, 2.45) is 21.7 Å². The van der Waals surface area contributed by atoms with Crippen molar-refractivity contribution in [3.8, 4) is 0 Å². The molecule has 174 valence electrons. The summed E-state index contributed by atoms with van der Waals surface area (Å²) in [6.45, 7) is 4.37. The van der Waals surface area contributed by atoms with E-state index in [-0.39, 0.29) is 11.9 Å². The van der Waals surface area contributed by atoms with Gasteiger partial charge in [-0.2, -0.15) is 0 Å². The Hall–Kier alpha value is -3.38. The highest BCUT2D eigenvalue weighted by molar-refractivity contribution is 6.12. The van der Waals surface area contributed by atoms with Gasteiger partial charge in [0.05, 0.1) is 6.26 Å². The number of hydrazine groups is 2. The number of nitrogens with zero attached hydrogens (tertiary/aromatic N) is 8. The van der Waals surface area contributed by atoms with E-state index >= 15 is 0 Å². The van der Waals surface area contributed by atoms with E-state index in [1.54, 1.807) is 29.3 Å². The Balaban J connectivity index is 1.17. The van der Waals surface area contributed by atoms with Crippen molar-refractivity contribution >= 4 is 29.8 Å². The van der Waals surface area contributed by atoms with Crippen LogP contribution >= 0.6 is 0 Å². The molecular formula is C21H27N9O3. The summed E-state index contributed by atoms with van der Waals surface area (Å²) in [5.74, 6) is 7.81. The van der Waals surface area contributed by atoms with Gasteiger partial charge in [-0.05, 0) is 25.0 Å². The number of amidine groups is 1. The third-order valence-electron chi connectivity index (χ3n) is 6.82. The number of carbonyl (C=O) groups is 2. The fourth-order valence-electron chi connectivity index (χ4n) is 4.80. The molecule has 1 saturated carbocycles. The molecule has 3 fully saturated rings. The van der Waals surface area contributed by atoms with Gasteiger partial charge in [-0.15, -0.1) is 0 Å². The Morgan fingerprint density at radius 2 is 2.00 bits per heavy atom. The Bertz CT molecular complexity index is 1050. The number of hydrogen-bond donors (Lipinski definition) is 1. The summed E-state index contributed by atoms with van der Waals surface area (Å²) in [7, 11) is 1.72. The monoisotopic (exact) mass is 453 g/mol. The summed E-state index contributed by atoms with van der Waals surface area (Å²) in [6, 6.07) is 3.48. The first-order valence-corrected chi connectivity index (χ1v) is 11.3. The van der Waals surface area contributed by atoms with E-state index in [0.717, 1.165) is 39.0 Å². The Morgan fingerprint density at radius 1 is 1.21 bits per heavy atom. The van der Waals surface area contributed by atoms with Crippen molar-refractivity contribution in [3.05, 3.63) is 29.9 Å². The molecule has 1 aliphatic carbocycles. The zero-order valence-electron chi connectivity index (χ0n) is 18.5. The van der Waals surface area contributed by atoms with Crippen LogP contribution in [0.25, 0.3) is 5.70 Å². The third-order valence-corrected chi connectivity index (χ3v) is 6.82. The largest absolute Gasteiger partial charge is 0.463 e. The molecular weight excluding hydrogens is 426 g/mol. The lowest BCUT2D eigenvalue weighted by Crippen LogP contribution is -2.51. The number of urea groups is 1. The smallest absolute Gasteiger partial charge is 0.341 e. The molecule has 5 heterocycles. The van der Waals surface area contributed by atoms with E-state index in [4.69, 9.17) is 15.3 Å². The van der Waals surface area contributed by atoms with Crippen LogP contribution in [0.4, 0.5) is 4.79 Å². The van der Waals surface area contributed by atoms with Crippen LogP contribution in [0, 0.1) is 5.92 Å². The first-order valence-electron chi connectivity index (χ1n) is 11.3. The number of carbonyl (C=O) groups excluding carboxylic acids is 2. The molecule has 4 aliphatic heterocycles. The van der Waals surface area contributed by atoms with E-state index in [1.807, 2.05) is 16.0 Å². The van der Waals surface area contributed by atoms with Crippen LogP contribution in [0.1, 0.15) is 18.6 Å². The number of furan rings is 1. The number of rotatable bonds is 5. The van der Waals surface area contributed by atoms with E-state index in [0.29, 0.717) is 42.0 Å². The minimum absolute atomic E-state index is 0.130. The van der Waals surface area contributed by atoms with Crippen LogP contribution in [0.2, 0.25) is 0 Å². The minimum atomic E-state index is -0.525. The quantitative estimate of drug-likeness (QED) is 0.624. The maximum absolute atomic E-state index is 13.1. The van der Waals surface area contributed by atoms with Crippen molar-refractivity contribution in [1.82, 2.24) is 29.7 Å². The van der Waals surface area contributed by atoms with Gasteiger partial charge in [0.2, 0.25) is 12.2 Å². The normalized spacial score (nSPS) is 25.3. The zero-order chi connectivity index (χ0) is 22.7. The number of nitrogens with two attached hydrogens (primary N) is 1. The van der Waals surface area contributed by atoms with E-state index < -0.39 is 6.29 Å². The van der Waals surface area contributed by atoms with Gasteiger partial charge in [0.25, 0.3) is 0 Å². The molecule has 1 unspecified atom stereocenters. The number of amides is 3. The zero-order valence-corrected chi connectivity index (χ0v) is 18.5. The van der Waals surface area contributed by atoms with Crippen LogP contribution < -0.4 is 5.84 Å². The summed E-state index contributed by atoms with van der Waals surface area (Å²) >= 11 is 0. The lowest BCUT2D eigenvalue weighted by molar-refractivity contribution is -0.134. The topological polar surface area (TPSA) is 117 Å². The van der Waals surface area contributed by atoms with E-state index in [9.17, 15) is 9.59 Å². The van der Waals surface area contributed by atoms with Crippen molar-refractivity contribution in [1.29, 1.82) is 0 Å². The second kappa shape index (κ2) is 7.59. The minimum Gasteiger partial charge on any atom is -0.463 e. The van der Waals surface area contributed by atoms with Crippen LogP contribution in [0.3, 0.4) is 0 Å². The molecule has 0 spiro atoms. The number of hydrogen-bond acceptors (Lipinski definition) is 9. The highest BCUT2D eigenvalue weighted by atomic mass is 16.3. The molecule has 0 aromatic carbocycles. The van der Waals surface area contributed by atoms with E-state index in [2.05, 4.69) is 9.89 Å². The second-order valence-electron chi connectivity index (χ2n) is 8.91. The van der Waals surface area contributed by atoms with E-state index in [1.165, 1.54) is 11.3 Å². The number of fused-ring (bicyclic) bond motifs is 3. The molecule has 5 aliphatic rings. The van der Waals surface area contributed by atoms with Crippen molar-refractivity contribution < 1.29 is 14.0 Å². The molecule has 2 saturated heterocycles. The van der Waals surface area contributed by atoms with Gasteiger partial charge < -0.3 is 9.32 Å². The first-order chi connectivity index (χ1) is 16.0. The third kappa shape index (κ3) is 3.28. The van der Waals surface area contributed by atoms with Crippen LogP contribution in [-0.4, -0.2) is 106 Å². The summed E-state index contributed by atoms with van der Waals surface area (Å²) in [5, 5.41) is 4.74. The van der Waals surface area contributed by atoms with Crippen molar-refractivity contribution in [3.63, 3.8) is 0 Å². The standard InChI is InChI=1S/C21H27N9O3/c1-25-21(32)28(11-8-26-6-9-27(10-7-26)19(31)14-4-5-14)20-24-18-17(30(20)25)16(23-13-29(18)22)15-3-2-12-33-15/h2-3,12-14,20H,4-11,22H2,1H3. The highest BCUT2D eigenvalue weighted by Crippen LogP contribution is 2.38. The lowest BCUT2D eigenvalue weighted by atomic mass is 10.2. The maximum Gasteiger partial charge on any atom is 0.341 e. The Kier molecular flexibility index (Phi) is 4.66. The fraction of sp³-hybridized carbons (Fsp3) is 0.524.